The van der Waals surface area contributed by atoms with Crippen molar-refractivity contribution in [3.63, 3.8) is 0 Å². The first-order valence-electron chi connectivity index (χ1n) is 9.27. The molecule has 2 aliphatic heterocycles. The van der Waals surface area contributed by atoms with Crippen LogP contribution in [0.1, 0.15) is 5.56 Å². The van der Waals surface area contributed by atoms with Crippen LogP contribution in [0.4, 0.5) is 5.69 Å². The molecular formula is C22H26Cl2N2OS. The molecule has 28 heavy (non-hydrogen) atoms. The number of benzene rings is 2. The van der Waals surface area contributed by atoms with Gasteiger partial charge < -0.3 is 9.64 Å². The van der Waals surface area contributed by atoms with Crippen LogP contribution in [-0.4, -0.2) is 38.2 Å². The van der Waals surface area contributed by atoms with Crippen LogP contribution in [0.25, 0.3) is 0 Å². The lowest BCUT2D eigenvalue weighted by atomic mass is 10.2. The highest BCUT2D eigenvalue weighted by molar-refractivity contribution is 8.23. The lowest BCUT2D eigenvalue weighted by Crippen LogP contribution is -2.46. The summed E-state index contributed by atoms with van der Waals surface area (Å²) in [5.41, 5.74) is 2.63. The molecule has 0 N–H and O–H groups in total. The molecule has 2 aliphatic rings. The lowest BCUT2D eigenvalue weighted by Gasteiger charge is -2.36. The number of nitrogens with zero attached hydrogens (tertiary/aromatic N) is 2. The van der Waals surface area contributed by atoms with Crippen LogP contribution in [0.3, 0.4) is 0 Å². The van der Waals surface area contributed by atoms with Gasteiger partial charge in [0.25, 0.3) is 0 Å². The van der Waals surface area contributed by atoms with Crippen molar-refractivity contribution in [1.82, 2.24) is 4.90 Å². The van der Waals surface area contributed by atoms with Crippen LogP contribution in [0, 0.1) is 0 Å². The van der Waals surface area contributed by atoms with E-state index in [1.807, 2.05) is 12.1 Å². The monoisotopic (exact) mass is 436 g/mol. The zero-order valence-corrected chi connectivity index (χ0v) is 18.4. The van der Waals surface area contributed by atoms with E-state index in [-0.39, 0.29) is 12.4 Å². The van der Waals surface area contributed by atoms with Gasteiger partial charge in [-0.05, 0) is 41.3 Å². The number of piperazine rings is 1. The minimum absolute atomic E-state index is 0. The van der Waals surface area contributed by atoms with Crippen molar-refractivity contribution in [2.45, 2.75) is 11.4 Å². The van der Waals surface area contributed by atoms with Crippen molar-refractivity contribution in [2.75, 3.05) is 38.2 Å². The molecule has 1 saturated heterocycles. The highest BCUT2D eigenvalue weighted by atomic mass is 35.5. The number of anilines is 1. The number of methoxy groups -OCH3 is 1. The predicted octanol–water partition coefficient (Wildman–Crippen LogP) is 5.46. The number of ether oxygens (including phenoxy) is 1. The van der Waals surface area contributed by atoms with Crippen LogP contribution in [0.5, 0.6) is 0 Å². The van der Waals surface area contributed by atoms with Crippen LogP contribution >= 0.6 is 34.9 Å². The maximum atomic E-state index is 6.15. The molecule has 1 unspecified atom stereocenters. The molecule has 2 aromatic carbocycles. The van der Waals surface area contributed by atoms with E-state index in [1.165, 1.54) is 16.1 Å². The molecule has 150 valence electrons. The Bertz CT molecular complexity index is 863. The first-order valence-corrected chi connectivity index (χ1v) is 11.1. The SMILES string of the molecule is COC1=CC=C[SH]1c1ccccc1CN1CCN(c2cccc(Cl)c2)CC1.Cl. The zero-order valence-electron chi connectivity index (χ0n) is 15.9. The normalized spacial score (nSPS) is 20.6. The average Bonchev–Trinajstić information content (AvgIpc) is 3.18. The Morgan fingerprint density at radius 3 is 2.57 bits per heavy atom. The molecule has 1 atom stereocenters. The van der Waals surface area contributed by atoms with Crippen molar-refractivity contribution in [2.24, 2.45) is 0 Å². The number of rotatable bonds is 5. The lowest BCUT2D eigenvalue weighted by molar-refractivity contribution is 0.248. The fourth-order valence-electron chi connectivity index (χ4n) is 3.69. The summed E-state index contributed by atoms with van der Waals surface area (Å²) in [7, 11) is 1.28. The number of thiol groups is 1. The molecule has 0 spiro atoms. The number of hydrogen-bond acceptors (Lipinski definition) is 3. The van der Waals surface area contributed by atoms with Gasteiger partial charge in [-0.3, -0.25) is 4.90 Å². The van der Waals surface area contributed by atoms with Gasteiger partial charge in [-0.15, -0.1) is 23.3 Å². The van der Waals surface area contributed by atoms with E-state index in [0.717, 1.165) is 42.8 Å². The van der Waals surface area contributed by atoms with Gasteiger partial charge in [0.05, 0.1) is 7.11 Å². The first-order chi connectivity index (χ1) is 13.2. The molecule has 0 bridgehead atoms. The number of halogens is 2. The highest BCUT2D eigenvalue weighted by Crippen LogP contribution is 2.50. The third-order valence-corrected chi connectivity index (χ3v) is 7.58. The molecule has 2 aromatic rings. The van der Waals surface area contributed by atoms with E-state index in [9.17, 15) is 0 Å². The van der Waals surface area contributed by atoms with Gasteiger partial charge in [-0.25, -0.2) is 0 Å². The quantitative estimate of drug-likeness (QED) is 0.626. The van der Waals surface area contributed by atoms with E-state index in [2.05, 4.69) is 63.8 Å². The van der Waals surface area contributed by atoms with Gasteiger partial charge in [0, 0.05) is 48.3 Å². The Labute approximate surface area is 181 Å². The largest absolute Gasteiger partial charge is 0.492 e. The first kappa shape index (κ1) is 21.1. The molecule has 0 aromatic heterocycles. The van der Waals surface area contributed by atoms with E-state index >= 15 is 0 Å². The number of hydrogen-bond donors (Lipinski definition) is 1. The Morgan fingerprint density at radius 2 is 1.82 bits per heavy atom. The van der Waals surface area contributed by atoms with E-state index in [4.69, 9.17) is 16.3 Å². The smallest absolute Gasteiger partial charge is 0.140 e. The van der Waals surface area contributed by atoms with Crippen molar-refractivity contribution >= 4 is 40.6 Å². The molecular weight excluding hydrogens is 411 g/mol. The second-order valence-corrected chi connectivity index (χ2v) is 9.19. The summed E-state index contributed by atoms with van der Waals surface area (Å²) >= 11 is 6.15. The summed E-state index contributed by atoms with van der Waals surface area (Å²) in [6, 6.07) is 17.0. The molecule has 0 saturated carbocycles. The zero-order chi connectivity index (χ0) is 18.6. The standard InChI is InChI=1S/C22H25ClN2OS.ClH/c1-26-22-10-5-15-27(22)21-9-3-2-6-18(21)17-24-11-13-25(14-12-24)20-8-4-7-19(23)16-20;/h2-10,15-16,27H,11-14,17H2,1H3;1H. The third-order valence-electron chi connectivity index (χ3n) is 5.11. The fraction of sp³-hybridized carbons (Fsp3) is 0.273. The summed E-state index contributed by atoms with van der Waals surface area (Å²) in [6.07, 6.45) is 4.21. The Morgan fingerprint density at radius 1 is 1.04 bits per heavy atom. The third kappa shape index (κ3) is 4.69. The summed E-state index contributed by atoms with van der Waals surface area (Å²) < 4.78 is 5.59. The molecule has 0 aliphatic carbocycles. The van der Waals surface area contributed by atoms with Crippen molar-refractivity contribution in [3.8, 4) is 0 Å². The molecule has 0 radical (unpaired) electrons. The Hall–Kier alpha value is -1.59. The summed E-state index contributed by atoms with van der Waals surface area (Å²) in [5, 5.41) is 4.17. The van der Waals surface area contributed by atoms with Gasteiger partial charge in [-0.1, -0.05) is 41.9 Å². The van der Waals surface area contributed by atoms with E-state index in [1.54, 1.807) is 7.11 Å². The van der Waals surface area contributed by atoms with Crippen LogP contribution in [0.2, 0.25) is 5.02 Å². The summed E-state index contributed by atoms with van der Waals surface area (Å²) in [4.78, 5) is 6.38. The summed E-state index contributed by atoms with van der Waals surface area (Å²) in [6.45, 7) is 5.16. The topological polar surface area (TPSA) is 15.7 Å². The number of allylic oxidation sites excluding steroid dienone is 2. The van der Waals surface area contributed by atoms with Crippen LogP contribution < -0.4 is 4.90 Å². The highest BCUT2D eigenvalue weighted by Gasteiger charge is 2.21. The molecule has 1 fully saturated rings. The van der Waals surface area contributed by atoms with E-state index < -0.39 is 10.9 Å². The fourth-order valence-corrected chi connectivity index (χ4v) is 5.82. The second-order valence-electron chi connectivity index (χ2n) is 6.79. The maximum absolute atomic E-state index is 6.15. The Balaban J connectivity index is 0.00000225. The van der Waals surface area contributed by atoms with Gasteiger partial charge in [0.1, 0.15) is 5.09 Å². The van der Waals surface area contributed by atoms with Gasteiger partial charge in [0.15, 0.2) is 0 Å². The minimum atomic E-state index is -0.493. The second kappa shape index (κ2) is 9.75. The Kier molecular flexibility index (Phi) is 7.36. The molecule has 6 heteroatoms. The van der Waals surface area contributed by atoms with Crippen molar-refractivity contribution in [1.29, 1.82) is 0 Å². The van der Waals surface area contributed by atoms with Crippen LogP contribution in [0.15, 0.2) is 76.1 Å². The van der Waals surface area contributed by atoms with Crippen molar-refractivity contribution in [3.05, 3.63) is 81.8 Å². The molecule has 2 heterocycles. The van der Waals surface area contributed by atoms with E-state index in [0.29, 0.717) is 0 Å². The molecule has 3 nitrogen and oxygen atoms in total. The summed E-state index contributed by atoms with van der Waals surface area (Å²) in [5.74, 6) is 0. The van der Waals surface area contributed by atoms with Gasteiger partial charge in [0.2, 0.25) is 0 Å². The van der Waals surface area contributed by atoms with Crippen LogP contribution in [-0.2, 0) is 11.3 Å². The minimum Gasteiger partial charge on any atom is -0.492 e. The molecule has 4 rings (SSSR count). The van der Waals surface area contributed by atoms with Gasteiger partial charge >= 0.3 is 0 Å². The van der Waals surface area contributed by atoms with Gasteiger partial charge in [-0.2, -0.15) is 0 Å². The van der Waals surface area contributed by atoms with Crippen molar-refractivity contribution < 1.29 is 4.74 Å². The predicted molar refractivity (Wildman–Crippen MR) is 124 cm³/mol. The molecule has 0 amide bonds. The average molecular weight is 437 g/mol. The maximum Gasteiger partial charge on any atom is 0.140 e.